The first kappa shape index (κ1) is 65.4. The highest BCUT2D eigenvalue weighted by Crippen LogP contribution is 2.22. The minimum absolute atomic E-state index is 0.222. The summed E-state index contributed by atoms with van der Waals surface area (Å²) in [5.41, 5.74) is 3.55. The molecule has 0 aromatic heterocycles. The van der Waals surface area contributed by atoms with Crippen LogP contribution < -0.4 is 0 Å². The minimum atomic E-state index is 0.222. The van der Waals surface area contributed by atoms with Gasteiger partial charge in [-0.2, -0.15) is 0 Å². The van der Waals surface area contributed by atoms with E-state index in [2.05, 4.69) is 187 Å². The van der Waals surface area contributed by atoms with Crippen molar-refractivity contribution < 1.29 is 4.79 Å². The van der Waals surface area contributed by atoms with Crippen LogP contribution in [-0.4, -0.2) is 24.9 Å². The van der Waals surface area contributed by atoms with Gasteiger partial charge in [0.2, 0.25) is 5.91 Å². The third kappa shape index (κ3) is 113. The molecule has 0 heterocycles. The lowest BCUT2D eigenvalue weighted by Crippen LogP contribution is -2.22. The summed E-state index contributed by atoms with van der Waals surface area (Å²) in [5.74, 6) is 0.222. The van der Waals surface area contributed by atoms with E-state index in [1.807, 2.05) is 0 Å². The highest BCUT2D eigenvalue weighted by Gasteiger charge is 2.13. The molecule has 2 nitrogen and oxygen atoms in total. The van der Waals surface area contributed by atoms with Crippen molar-refractivity contribution in [1.29, 1.82) is 0 Å². The summed E-state index contributed by atoms with van der Waals surface area (Å²) in [6.07, 6.45) is 14.8. The molecule has 0 aromatic carbocycles. The molecular weight excluding hydrogens is 619 g/mol. The van der Waals surface area contributed by atoms with Gasteiger partial charge in [0, 0.05) is 20.5 Å². The number of carbonyl (C=O) groups is 1. The Kier molecular flexibility index (Phi) is 42.1. The predicted molar refractivity (Wildman–Crippen MR) is 244 cm³/mol. The van der Waals surface area contributed by atoms with Gasteiger partial charge < -0.3 is 4.90 Å². The Morgan fingerprint density at radius 2 is 0.490 bits per heavy atom. The Morgan fingerprint density at radius 1 is 0.333 bits per heavy atom. The molecule has 0 saturated carbocycles. The van der Waals surface area contributed by atoms with Crippen LogP contribution >= 0.6 is 0 Å². The summed E-state index contributed by atoms with van der Waals surface area (Å²) in [5, 5.41) is 0. The average molecular weight is 730 g/mol. The van der Waals surface area contributed by atoms with E-state index in [1.54, 1.807) is 19.0 Å². The van der Waals surface area contributed by atoms with Crippen LogP contribution in [0.3, 0.4) is 0 Å². The molecule has 0 N–H and O–H groups in total. The molecule has 0 aliphatic rings. The quantitative estimate of drug-likeness (QED) is 0.267. The van der Waals surface area contributed by atoms with Gasteiger partial charge in [-0.25, -0.2) is 0 Å². The van der Waals surface area contributed by atoms with Crippen molar-refractivity contribution >= 4 is 5.91 Å². The highest BCUT2D eigenvalue weighted by atomic mass is 16.2. The molecule has 318 valence electrons. The fourth-order valence-corrected chi connectivity index (χ4v) is 3.71. The summed E-state index contributed by atoms with van der Waals surface area (Å²) in [6.45, 7) is 60.5. The zero-order valence-electron chi connectivity index (χ0n) is 42.3. The summed E-state index contributed by atoms with van der Waals surface area (Å²) < 4.78 is 0. The Balaban J connectivity index is -0.0000000896. The standard InChI is InChI=1S/C9H19NO.4C7H16.2C6H14/c1-9(2,3)7-6-8(11)10(4)5;4*1-5-6-7(2,3)4;2*1-5-6(2,3)4/h6-7H2,1-5H3;4*5-6H2,1-4H3;2*5H2,1-4H3. The molecule has 0 rings (SSSR count). The Morgan fingerprint density at radius 3 is 0.549 bits per heavy atom. The summed E-state index contributed by atoms with van der Waals surface area (Å²) >= 11 is 0. The molecule has 0 radical (unpaired) electrons. The van der Waals surface area contributed by atoms with Crippen molar-refractivity contribution in [1.82, 2.24) is 4.90 Å². The molecule has 0 atom stereocenters. The molecule has 0 aliphatic heterocycles. The van der Waals surface area contributed by atoms with Crippen LogP contribution in [0.2, 0.25) is 0 Å². The van der Waals surface area contributed by atoms with Gasteiger partial charge in [-0.15, -0.1) is 0 Å². The molecule has 51 heavy (non-hydrogen) atoms. The monoisotopic (exact) mass is 730 g/mol. The van der Waals surface area contributed by atoms with E-state index in [9.17, 15) is 4.79 Å². The van der Waals surface area contributed by atoms with Gasteiger partial charge in [0.1, 0.15) is 0 Å². The van der Waals surface area contributed by atoms with E-state index in [1.165, 1.54) is 64.2 Å². The van der Waals surface area contributed by atoms with Crippen LogP contribution in [0, 0.1) is 37.9 Å². The maximum Gasteiger partial charge on any atom is 0.222 e. The van der Waals surface area contributed by atoms with E-state index in [0.717, 1.165) is 6.42 Å². The minimum Gasteiger partial charge on any atom is -0.349 e. The predicted octanol–water partition coefficient (Wildman–Crippen LogP) is 18.1. The molecule has 0 spiro atoms. The van der Waals surface area contributed by atoms with Crippen LogP contribution in [0.4, 0.5) is 0 Å². The van der Waals surface area contributed by atoms with Gasteiger partial charge in [0.25, 0.3) is 0 Å². The number of rotatable bonds is 6. The van der Waals surface area contributed by atoms with Crippen molar-refractivity contribution in [2.24, 2.45) is 37.9 Å². The summed E-state index contributed by atoms with van der Waals surface area (Å²) in [7, 11) is 3.59. The first-order chi connectivity index (χ1) is 22.2. The van der Waals surface area contributed by atoms with Crippen molar-refractivity contribution in [3.8, 4) is 0 Å². The number of nitrogens with zero attached hydrogens (tertiary/aromatic N) is 1. The van der Waals surface area contributed by atoms with Crippen molar-refractivity contribution in [2.45, 2.75) is 264 Å². The average Bonchev–Trinajstić information content (AvgIpc) is 2.85. The van der Waals surface area contributed by atoms with E-state index in [4.69, 9.17) is 0 Å². The Labute approximate surface area is 330 Å². The van der Waals surface area contributed by atoms with Gasteiger partial charge in [0.15, 0.2) is 0 Å². The first-order valence-electron chi connectivity index (χ1n) is 21.4. The van der Waals surface area contributed by atoms with Crippen molar-refractivity contribution in [3.05, 3.63) is 0 Å². The fraction of sp³-hybridized carbons (Fsp3) is 0.980. The smallest absolute Gasteiger partial charge is 0.222 e. The second-order valence-corrected chi connectivity index (χ2v) is 23.4. The maximum absolute atomic E-state index is 11.1. The normalized spacial score (nSPS) is 11.9. The fourth-order valence-electron chi connectivity index (χ4n) is 3.71. The van der Waals surface area contributed by atoms with Crippen molar-refractivity contribution in [3.63, 3.8) is 0 Å². The topological polar surface area (TPSA) is 20.3 Å². The highest BCUT2D eigenvalue weighted by molar-refractivity contribution is 5.75. The zero-order chi connectivity index (χ0) is 43.1. The molecular formula is C49H111NO. The lowest BCUT2D eigenvalue weighted by molar-refractivity contribution is -0.129. The number of amides is 1. The van der Waals surface area contributed by atoms with E-state index in [-0.39, 0.29) is 11.3 Å². The molecule has 0 bridgehead atoms. The molecule has 0 fully saturated rings. The van der Waals surface area contributed by atoms with E-state index >= 15 is 0 Å². The maximum atomic E-state index is 11.1. The lowest BCUT2D eigenvalue weighted by atomic mass is 9.90. The van der Waals surface area contributed by atoms with Crippen LogP contribution in [-0.2, 0) is 4.79 Å². The third-order valence-electron chi connectivity index (χ3n) is 7.71. The molecule has 2 heteroatoms. The zero-order valence-corrected chi connectivity index (χ0v) is 42.3. The van der Waals surface area contributed by atoms with E-state index in [0.29, 0.717) is 38.9 Å². The first-order valence-corrected chi connectivity index (χ1v) is 21.4. The molecule has 0 saturated heterocycles. The second-order valence-electron chi connectivity index (χ2n) is 23.4. The van der Waals surface area contributed by atoms with E-state index < -0.39 is 0 Å². The SMILES string of the molecule is CCC(C)(C)C.CCC(C)(C)C.CCCC(C)(C)C.CCCC(C)(C)C.CCCC(C)(C)C.CCCC(C)(C)C.CN(C)C(=O)CCC(C)(C)C. The molecule has 1 amide bonds. The van der Waals surface area contributed by atoms with Crippen molar-refractivity contribution in [2.75, 3.05) is 14.1 Å². The molecule has 0 unspecified atom stereocenters. The summed E-state index contributed by atoms with van der Waals surface area (Å²) in [6, 6.07) is 0. The third-order valence-corrected chi connectivity index (χ3v) is 7.71. The largest absolute Gasteiger partial charge is 0.349 e. The number of hydrogen-bond donors (Lipinski definition) is 0. The van der Waals surface area contributed by atoms with Crippen LogP contribution in [0.1, 0.15) is 264 Å². The number of hydrogen-bond acceptors (Lipinski definition) is 1. The van der Waals surface area contributed by atoms with Gasteiger partial charge >= 0.3 is 0 Å². The Bertz CT molecular complexity index is 617. The van der Waals surface area contributed by atoms with Gasteiger partial charge in [0.05, 0.1) is 0 Å². The lowest BCUT2D eigenvalue weighted by Gasteiger charge is -2.18. The van der Waals surface area contributed by atoms with Crippen LogP contribution in [0.25, 0.3) is 0 Å². The molecule has 0 aliphatic carbocycles. The van der Waals surface area contributed by atoms with Crippen LogP contribution in [0.15, 0.2) is 0 Å². The Hall–Kier alpha value is -0.530. The number of carbonyl (C=O) groups excluding carboxylic acids is 1. The second kappa shape index (κ2) is 32.9. The van der Waals surface area contributed by atoms with Gasteiger partial charge in [-0.3, -0.25) is 4.79 Å². The van der Waals surface area contributed by atoms with Crippen LogP contribution in [0.5, 0.6) is 0 Å². The van der Waals surface area contributed by atoms with Gasteiger partial charge in [-0.05, 0) is 70.0 Å². The van der Waals surface area contributed by atoms with Gasteiger partial charge in [-0.1, -0.05) is 225 Å². The summed E-state index contributed by atoms with van der Waals surface area (Å²) in [4.78, 5) is 12.8. The molecule has 0 aromatic rings.